The zero-order valence-corrected chi connectivity index (χ0v) is 10.8. The van der Waals surface area contributed by atoms with Gasteiger partial charge in [-0.3, -0.25) is 0 Å². The van der Waals surface area contributed by atoms with Crippen LogP contribution in [0.15, 0.2) is 24.3 Å². The van der Waals surface area contributed by atoms with Crippen LogP contribution in [-0.2, 0) is 10.3 Å². The number of benzene rings is 1. The van der Waals surface area contributed by atoms with Gasteiger partial charge in [-0.25, -0.2) is 0 Å². The summed E-state index contributed by atoms with van der Waals surface area (Å²) in [6.45, 7) is 8.43. The lowest BCUT2D eigenvalue weighted by Gasteiger charge is -2.37. The van der Waals surface area contributed by atoms with Crippen LogP contribution in [0.25, 0.3) is 0 Å². The summed E-state index contributed by atoms with van der Waals surface area (Å²) in [6, 6.07) is 8.00. The molecule has 3 heteroatoms. The lowest BCUT2D eigenvalue weighted by molar-refractivity contribution is -0.120. The van der Waals surface area contributed by atoms with Crippen molar-refractivity contribution in [2.24, 2.45) is 11.1 Å². The van der Waals surface area contributed by atoms with Crippen LogP contribution in [0.2, 0.25) is 0 Å². The summed E-state index contributed by atoms with van der Waals surface area (Å²) in [6.07, 6.45) is 0. The van der Waals surface area contributed by atoms with Crippen molar-refractivity contribution < 1.29 is 9.47 Å². The average molecular weight is 235 g/mol. The highest BCUT2D eigenvalue weighted by atomic mass is 16.5. The summed E-state index contributed by atoms with van der Waals surface area (Å²) >= 11 is 0. The summed E-state index contributed by atoms with van der Waals surface area (Å²) in [7, 11) is 0. The van der Waals surface area contributed by atoms with Gasteiger partial charge in [0.15, 0.2) is 0 Å². The molecule has 1 saturated heterocycles. The maximum Gasteiger partial charge on any atom is 0.119 e. The Bertz CT molecular complexity index is 391. The highest BCUT2D eigenvalue weighted by Gasteiger charge is 2.34. The van der Waals surface area contributed by atoms with Crippen LogP contribution in [0.4, 0.5) is 0 Å². The normalized spacial score (nSPS) is 18.6. The molecular formula is C14H21NO2. The predicted molar refractivity (Wildman–Crippen MR) is 68.1 cm³/mol. The fraction of sp³-hybridized carbons (Fsp3) is 0.571. The van der Waals surface area contributed by atoms with Gasteiger partial charge >= 0.3 is 0 Å². The Kier molecular flexibility index (Phi) is 3.15. The molecule has 0 atom stereocenters. The molecule has 0 bridgehead atoms. The van der Waals surface area contributed by atoms with Gasteiger partial charge < -0.3 is 15.2 Å². The molecule has 0 unspecified atom stereocenters. The fourth-order valence-electron chi connectivity index (χ4n) is 1.78. The van der Waals surface area contributed by atoms with Crippen LogP contribution in [0, 0.1) is 5.41 Å². The second kappa shape index (κ2) is 4.31. The van der Waals surface area contributed by atoms with Crippen molar-refractivity contribution in [2.45, 2.75) is 26.3 Å². The minimum absolute atomic E-state index is 0.175. The van der Waals surface area contributed by atoms with E-state index < -0.39 is 0 Å². The smallest absolute Gasteiger partial charge is 0.119 e. The third-order valence-electron chi connectivity index (χ3n) is 3.07. The van der Waals surface area contributed by atoms with Crippen LogP contribution in [0.3, 0.4) is 0 Å². The predicted octanol–water partition coefficient (Wildman–Crippen LogP) is 2.30. The van der Waals surface area contributed by atoms with E-state index in [-0.39, 0.29) is 11.0 Å². The summed E-state index contributed by atoms with van der Waals surface area (Å²) < 4.78 is 11.0. The molecule has 2 N–H and O–H groups in total. The SMILES string of the molecule is CC1(COc2cccc(C(C)(C)N)c2)COC1. The molecule has 0 spiro atoms. The van der Waals surface area contributed by atoms with Crippen molar-refractivity contribution in [1.82, 2.24) is 0 Å². The van der Waals surface area contributed by atoms with E-state index in [1.807, 2.05) is 38.1 Å². The first-order valence-corrected chi connectivity index (χ1v) is 5.99. The van der Waals surface area contributed by atoms with Crippen LogP contribution >= 0.6 is 0 Å². The Labute approximate surface area is 103 Å². The number of hydrogen-bond donors (Lipinski definition) is 1. The van der Waals surface area contributed by atoms with Crippen LogP contribution in [0.5, 0.6) is 5.75 Å². The molecule has 2 rings (SSSR count). The summed E-state index contributed by atoms with van der Waals surface area (Å²) in [5.74, 6) is 0.883. The number of hydrogen-bond acceptors (Lipinski definition) is 3. The van der Waals surface area contributed by atoms with E-state index in [9.17, 15) is 0 Å². The molecule has 0 aromatic heterocycles. The zero-order chi connectivity index (χ0) is 12.5. The van der Waals surface area contributed by atoms with Crippen molar-refractivity contribution in [2.75, 3.05) is 19.8 Å². The van der Waals surface area contributed by atoms with Gasteiger partial charge in [0.1, 0.15) is 5.75 Å². The first kappa shape index (κ1) is 12.4. The Morgan fingerprint density at radius 1 is 1.41 bits per heavy atom. The highest BCUT2D eigenvalue weighted by molar-refractivity contribution is 5.32. The third kappa shape index (κ3) is 2.99. The second-order valence-electron chi connectivity index (χ2n) is 5.84. The summed E-state index contributed by atoms with van der Waals surface area (Å²) in [5, 5.41) is 0. The van der Waals surface area contributed by atoms with E-state index in [0.29, 0.717) is 6.61 Å². The third-order valence-corrected chi connectivity index (χ3v) is 3.07. The van der Waals surface area contributed by atoms with E-state index in [1.54, 1.807) is 0 Å². The molecule has 94 valence electrons. The molecule has 1 heterocycles. The molecule has 0 saturated carbocycles. The highest BCUT2D eigenvalue weighted by Crippen LogP contribution is 2.28. The molecule has 1 aliphatic rings. The lowest BCUT2D eigenvalue weighted by atomic mass is 9.90. The van der Waals surface area contributed by atoms with Gasteiger partial charge in [-0.05, 0) is 31.5 Å². The van der Waals surface area contributed by atoms with Crippen molar-refractivity contribution >= 4 is 0 Å². The van der Waals surface area contributed by atoms with Gasteiger partial charge in [-0.1, -0.05) is 19.1 Å². The first-order chi connectivity index (χ1) is 7.89. The van der Waals surface area contributed by atoms with Crippen molar-refractivity contribution in [1.29, 1.82) is 0 Å². The standard InChI is InChI=1S/C14H21NO2/c1-13(2,15)11-5-4-6-12(7-11)17-10-14(3)8-16-9-14/h4-7H,8-10,15H2,1-3H3. The monoisotopic (exact) mass is 235 g/mol. The Hall–Kier alpha value is -1.06. The molecule has 0 amide bonds. The van der Waals surface area contributed by atoms with Crippen LogP contribution in [0.1, 0.15) is 26.3 Å². The topological polar surface area (TPSA) is 44.5 Å². The average Bonchev–Trinajstić information content (AvgIpc) is 2.23. The van der Waals surface area contributed by atoms with E-state index in [1.165, 1.54) is 0 Å². The van der Waals surface area contributed by atoms with Gasteiger partial charge in [0, 0.05) is 11.0 Å². The van der Waals surface area contributed by atoms with Crippen molar-refractivity contribution in [3.8, 4) is 5.75 Å². The minimum Gasteiger partial charge on any atom is -0.493 e. The van der Waals surface area contributed by atoms with Crippen molar-refractivity contribution in [3.63, 3.8) is 0 Å². The molecular weight excluding hydrogens is 214 g/mol. The number of nitrogens with two attached hydrogens (primary N) is 1. The summed E-state index contributed by atoms with van der Waals surface area (Å²) in [5.41, 5.74) is 7.00. The maximum atomic E-state index is 6.07. The molecule has 0 radical (unpaired) electrons. The van der Waals surface area contributed by atoms with Crippen LogP contribution in [-0.4, -0.2) is 19.8 Å². The lowest BCUT2D eigenvalue weighted by Crippen LogP contribution is -2.44. The van der Waals surface area contributed by atoms with E-state index in [2.05, 4.69) is 6.92 Å². The molecule has 1 aliphatic heterocycles. The molecule has 3 nitrogen and oxygen atoms in total. The first-order valence-electron chi connectivity index (χ1n) is 5.99. The van der Waals surface area contributed by atoms with Gasteiger partial charge in [0.2, 0.25) is 0 Å². The quantitative estimate of drug-likeness (QED) is 0.871. The number of rotatable bonds is 4. The van der Waals surface area contributed by atoms with Gasteiger partial charge in [-0.15, -0.1) is 0 Å². The Balaban J connectivity index is 2.01. The van der Waals surface area contributed by atoms with Gasteiger partial charge in [0.05, 0.1) is 19.8 Å². The molecule has 17 heavy (non-hydrogen) atoms. The van der Waals surface area contributed by atoms with E-state index >= 15 is 0 Å². The Morgan fingerprint density at radius 2 is 2.12 bits per heavy atom. The summed E-state index contributed by atoms with van der Waals surface area (Å²) in [4.78, 5) is 0. The van der Waals surface area contributed by atoms with Gasteiger partial charge in [0.25, 0.3) is 0 Å². The largest absolute Gasteiger partial charge is 0.493 e. The molecule has 1 fully saturated rings. The maximum absolute atomic E-state index is 6.07. The van der Waals surface area contributed by atoms with E-state index in [4.69, 9.17) is 15.2 Å². The molecule has 1 aromatic rings. The fourth-order valence-corrected chi connectivity index (χ4v) is 1.78. The minimum atomic E-state index is -0.331. The molecule has 0 aliphatic carbocycles. The number of ether oxygens (including phenoxy) is 2. The van der Waals surface area contributed by atoms with Gasteiger partial charge in [-0.2, -0.15) is 0 Å². The van der Waals surface area contributed by atoms with Crippen molar-refractivity contribution in [3.05, 3.63) is 29.8 Å². The zero-order valence-electron chi connectivity index (χ0n) is 10.8. The second-order valence-corrected chi connectivity index (χ2v) is 5.84. The Morgan fingerprint density at radius 3 is 2.65 bits per heavy atom. The van der Waals surface area contributed by atoms with E-state index in [0.717, 1.165) is 24.5 Å². The molecule has 1 aromatic carbocycles. The van der Waals surface area contributed by atoms with Crippen LogP contribution < -0.4 is 10.5 Å².